The van der Waals surface area contributed by atoms with E-state index in [1.54, 1.807) is 6.08 Å². The first kappa shape index (κ1) is 83.2. The van der Waals surface area contributed by atoms with E-state index in [4.69, 9.17) is 9.05 Å². The number of carbonyl (C=O) groups excluding carboxylic acids is 1. The normalized spacial score (nSPS) is 13.9. The van der Waals surface area contributed by atoms with E-state index in [0.29, 0.717) is 17.4 Å². The molecular formula is C76H145N2O6P. The molecule has 0 saturated carbocycles. The van der Waals surface area contributed by atoms with Crippen LogP contribution >= 0.6 is 7.82 Å². The van der Waals surface area contributed by atoms with Crippen molar-refractivity contribution < 1.29 is 32.9 Å². The van der Waals surface area contributed by atoms with E-state index in [0.717, 1.165) is 51.4 Å². The minimum Gasteiger partial charge on any atom is -0.756 e. The maximum Gasteiger partial charge on any atom is 0.268 e. The van der Waals surface area contributed by atoms with E-state index in [1.165, 1.54) is 295 Å². The van der Waals surface area contributed by atoms with Crippen LogP contribution in [0.15, 0.2) is 60.8 Å². The van der Waals surface area contributed by atoms with Gasteiger partial charge in [0.25, 0.3) is 7.82 Å². The summed E-state index contributed by atoms with van der Waals surface area (Å²) in [6.07, 6.45) is 92.3. The second-order valence-electron chi connectivity index (χ2n) is 26.6. The van der Waals surface area contributed by atoms with Crippen LogP contribution in [0.25, 0.3) is 0 Å². The highest BCUT2D eigenvalue weighted by Gasteiger charge is 2.23. The van der Waals surface area contributed by atoms with E-state index in [2.05, 4.69) is 67.8 Å². The summed E-state index contributed by atoms with van der Waals surface area (Å²) in [6, 6.07) is -0.912. The zero-order valence-electron chi connectivity index (χ0n) is 57.3. The number of aliphatic hydroxyl groups excluding tert-OH is 1. The molecule has 0 aromatic rings. The van der Waals surface area contributed by atoms with E-state index in [1.807, 2.05) is 27.2 Å². The van der Waals surface area contributed by atoms with Gasteiger partial charge < -0.3 is 28.8 Å². The topological polar surface area (TPSA) is 108 Å². The maximum absolute atomic E-state index is 13.0. The molecular weight excluding hydrogens is 1070 g/mol. The number of nitrogens with one attached hydrogen (secondary N) is 1. The van der Waals surface area contributed by atoms with Gasteiger partial charge in [-0.05, 0) is 77.0 Å². The Kier molecular flexibility index (Phi) is 65.2. The van der Waals surface area contributed by atoms with Gasteiger partial charge in [-0.25, -0.2) is 0 Å². The van der Waals surface area contributed by atoms with Crippen molar-refractivity contribution in [3.8, 4) is 0 Å². The van der Waals surface area contributed by atoms with Gasteiger partial charge in [-0.2, -0.15) is 0 Å². The number of phosphoric ester groups is 1. The fourth-order valence-electron chi connectivity index (χ4n) is 11.2. The Morgan fingerprint density at radius 3 is 1.02 bits per heavy atom. The van der Waals surface area contributed by atoms with Crippen LogP contribution in [-0.2, 0) is 18.4 Å². The summed E-state index contributed by atoms with van der Waals surface area (Å²) in [4.78, 5) is 25.7. The number of rotatable bonds is 69. The molecule has 500 valence electrons. The van der Waals surface area contributed by atoms with Crippen LogP contribution in [0.2, 0.25) is 0 Å². The van der Waals surface area contributed by atoms with Crippen molar-refractivity contribution in [1.82, 2.24) is 5.32 Å². The molecule has 0 fully saturated rings. The zero-order valence-corrected chi connectivity index (χ0v) is 58.2. The van der Waals surface area contributed by atoms with Crippen LogP contribution in [0.3, 0.4) is 0 Å². The molecule has 0 heterocycles. The largest absolute Gasteiger partial charge is 0.756 e. The van der Waals surface area contributed by atoms with Crippen LogP contribution in [0.4, 0.5) is 0 Å². The van der Waals surface area contributed by atoms with Crippen LogP contribution in [0, 0.1) is 0 Å². The number of carbonyl (C=O) groups is 1. The van der Waals surface area contributed by atoms with Crippen molar-refractivity contribution in [2.75, 3.05) is 40.9 Å². The molecule has 0 aromatic carbocycles. The number of hydrogen-bond donors (Lipinski definition) is 2. The molecule has 0 aromatic heterocycles. The van der Waals surface area contributed by atoms with Gasteiger partial charge in [-0.1, -0.05) is 344 Å². The lowest BCUT2D eigenvalue weighted by Crippen LogP contribution is -2.45. The maximum atomic E-state index is 13.0. The predicted molar refractivity (Wildman–Crippen MR) is 371 cm³/mol. The van der Waals surface area contributed by atoms with Crippen LogP contribution in [-0.4, -0.2) is 68.5 Å². The highest BCUT2D eigenvalue weighted by molar-refractivity contribution is 7.45. The number of phosphoric acid groups is 1. The van der Waals surface area contributed by atoms with Gasteiger partial charge in [0.05, 0.1) is 39.9 Å². The third-order valence-electron chi connectivity index (χ3n) is 16.9. The quantitative estimate of drug-likeness (QED) is 0.0272. The fourth-order valence-corrected chi connectivity index (χ4v) is 11.9. The lowest BCUT2D eigenvalue weighted by molar-refractivity contribution is -0.870. The summed E-state index contributed by atoms with van der Waals surface area (Å²) in [7, 11) is 1.25. The highest BCUT2D eigenvalue weighted by Crippen LogP contribution is 2.38. The van der Waals surface area contributed by atoms with Gasteiger partial charge in [0.1, 0.15) is 13.2 Å². The lowest BCUT2D eigenvalue weighted by atomic mass is 10.0. The van der Waals surface area contributed by atoms with Crippen molar-refractivity contribution in [3.05, 3.63) is 60.8 Å². The minimum absolute atomic E-state index is 0.00872. The first-order valence-electron chi connectivity index (χ1n) is 37.2. The molecule has 85 heavy (non-hydrogen) atoms. The summed E-state index contributed by atoms with van der Waals surface area (Å²) in [5.74, 6) is -0.205. The van der Waals surface area contributed by atoms with Gasteiger partial charge in [-0.3, -0.25) is 9.36 Å². The molecule has 8 nitrogen and oxygen atoms in total. The summed E-state index contributed by atoms with van der Waals surface area (Å²) in [5.41, 5.74) is 0. The van der Waals surface area contributed by atoms with Crippen LogP contribution in [0.1, 0.15) is 367 Å². The third-order valence-corrected chi connectivity index (χ3v) is 17.9. The molecule has 0 aliphatic heterocycles. The van der Waals surface area contributed by atoms with Gasteiger partial charge in [-0.15, -0.1) is 0 Å². The SMILES string of the molecule is CCCCCCC/C=C\C/C=C\CCCCCCCCCCCCCCCCCCCCCCCC(=O)NC(COP(=O)([O-])OCC[N+](C)(C)C)C(O)/C=C/CC/C=C/CC/C=C/CCCCCCCCCCCCCCCCCCCCCC. The minimum atomic E-state index is -4.62. The average molecular weight is 1210 g/mol. The molecule has 0 rings (SSSR count). The van der Waals surface area contributed by atoms with Crippen LogP contribution < -0.4 is 10.2 Å². The molecule has 3 atom stereocenters. The third kappa shape index (κ3) is 69.5. The standard InChI is InChI=1S/C76H145N2O6P/c1-6-8-10-12-14-16-18-20-22-24-26-28-30-32-34-36-38-39-40-42-44-46-48-50-52-54-56-58-60-62-64-66-68-70-76(80)77-74(73-84-85(81,82)83-72-71-78(3,4)5)75(79)69-67-65-63-61-59-57-55-53-51-49-47-45-43-41-37-35-33-31-29-27-25-23-21-19-17-15-13-11-9-7-2/h18,20,24,26,51,53,59,61,67,69,74-75,79H,6-17,19,21-23,25,27-50,52,54-58,60,62-66,68,70-73H2,1-5H3,(H-,77,80,81,82)/b20-18-,26-24-,53-51+,61-59+,69-67+. The summed E-state index contributed by atoms with van der Waals surface area (Å²) in [6.45, 7) is 4.66. The van der Waals surface area contributed by atoms with Gasteiger partial charge in [0, 0.05) is 6.42 Å². The molecule has 0 saturated heterocycles. The second kappa shape index (κ2) is 66.6. The van der Waals surface area contributed by atoms with E-state index in [-0.39, 0.29) is 12.5 Å². The summed E-state index contributed by atoms with van der Waals surface area (Å²) < 4.78 is 23.5. The predicted octanol–water partition coefficient (Wildman–Crippen LogP) is 23.3. The summed E-state index contributed by atoms with van der Waals surface area (Å²) >= 11 is 0. The summed E-state index contributed by atoms with van der Waals surface area (Å²) in [5, 5.41) is 14.0. The molecule has 1 amide bonds. The Morgan fingerprint density at radius 2 is 0.694 bits per heavy atom. The van der Waals surface area contributed by atoms with Crippen molar-refractivity contribution >= 4 is 13.7 Å². The van der Waals surface area contributed by atoms with Crippen LogP contribution in [0.5, 0.6) is 0 Å². The number of hydrogen-bond acceptors (Lipinski definition) is 6. The molecule has 2 N–H and O–H groups in total. The smallest absolute Gasteiger partial charge is 0.268 e. The van der Waals surface area contributed by atoms with Gasteiger partial charge in [0.15, 0.2) is 0 Å². The van der Waals surface area contributed by atoms with E-state index < -0.39 is 26.6 Å². The number of unbranched alkanes of at least 4 members (excludes halogenated alkanes) is 48. The molecule has 0 aliphatic rings. The number of allylic oxidation sites excluding steroid dienone is 9. The highest BCUT2D eigenvalue weighted by atomic mass is 31.2. The Bertz CT molecular complexity index is 1570. The number of amides is 1. The van der Waals surface area contributed by atoms with Gasteiger partial charge >= 0.3 is 0 Å². The van der Waals surface area contributed by atoms with Crippen molar-refractivity contribution in [3.63, 3.8) is 0 Å². The second-order valence-corrected chi connectivity index (χ2v) is 28.0. The molecule has 9 heteroatoms. The van der Waals surface area contributed by atoms with Gasteiger partial charge in [0.2, 0.25) is 5.91 Å². The molecule has 0 bridgehead atoms. The Hall–Kier alpha value is -1.80. The molecule has 0 aliphatic carbocycles. The number of quaternary nitrogens is 1. The van der Waals surface area contributed by atoms with E-state index >= 15 is 0 Å². The fraction of sp³-hybridized carbons (Fsp3) is 0.855. The first-order chi connectivity index (χ1) is 41.5. The molecule has 3 unspecified atom stereocenters. The first-order valence-corrected chi connectivity index (χ1v) is 38.6. The average Bonchev–Trinajstić information content (AvgIpc) is 3.49. The molecule has 0 spiro atoms. The lowest BCUT2D eigenvalue weighted by Gasteiger charge is -2.29. The number of likely N-dealkylation sites (N-methyl/N-ethyl adjacent to an activating group) is 1. The van der Waals surface area contributed by atoms with E-state index in [9.17, 15) is 19.4 Å². The molecule has 0 radical (unpaired) electrons. The zero-order chi connectivity index (χ0) is 61.9. The monoisotopic (exact) mass is 1210 g/mol. The number of nitrogens with zero attached hydrogens (tertiary/aromatic N) is 1. The Labute approximate surface area is 530 Å². The Morgan fingerprint density at radius 1 is 0.412 bits per heavy atom. The van der Waals surface area contributed by atoms with Crippen molar-refractivity contribution in [2.24, 2.45) is 0 Å². The Balaban J connectivity index is 4.07. The van der Waals surface area contributed by atoms with Crippen molar-refractivity contribution in [1.29, 1.82) is 0 Å². The van der Waals surface area contributed by atoms with Crippen molar-refractivity contribution in [2.45, 2.75) is 379 Å². The number of aliphatic hydroxyl groups is 1.